The van der Waals surface area contributed by atoms with Crippen molar-refractivity contribution in [3.63, 3.8) is 0 Å². The normalized spacial score (nSPS) is 12.7. The van der Waals surface area contributed by atoms with Gasteiger partial charge in [-0.1, -0.05) is 0 Å². The van der Waals surface area contributed by atoms with E-state index >= 15 is 0 Å². The van der Waals surface area contributed by atoms with Gasteiger partial charge >= 0.3 is 13.2 Å². The van der Waals surface area contributed by atoms with Crippen LogP contribution in [0.25, 0.3) is 0 Å². The van der Waals surface area contributed by atoms with Crippen LogP contribution in [-0.2, 0) is 9.39 Å². The highest BCUT2D eigenvalue weighted by Gasteiger charge is 2.40. The molecule has 1 aromatic rings. The van der Waals surface area contributed by atoms with E-state index in [4.69, 9.17) is 9.39 Å². The zero-order valence-electron chi connectivity index (χ0n) is 15.4. The quantitative estimate of drug-likeness (QED) is 0.706. The van der Waals surface area contributed by atoms with Gasteiger partial charge in [0.05, 0.1) is 11.2 Å². The van der Waals surface area contributed by atoms with Crippen LogP contribution in [-0.4, -0.2) is 45.1 Å². The van der Waals surface area contributed by atoms with Crippen molar-refractivity contribution in [2.24, 2.45) is 0 Å². The summed E-state index contributed by atoms with van der Waals surface area (Å²) in [5.74, 6) is 0. The molecule has 0 aromatic carbocycles. The van der Waals surface area contributed by atoms with E-state index in [1.54, 1.807) is 48.5 Å². The van der Waals surface area contributed by atoms with Gasteiger partial charge in [0.25, 0.3) is 0 Å². The van der Waals surface area contributed by atoms with Crippen molar-refractivity contribution in [3.05, 3.63) is 18.5 Å². The summed E-state index contributed by atoms with van der Waals surface area (Å²) in [6.07, 6.45) is 2.21. The number of pyridine rings is 1. The number of hydrogen-bond acceptors (Lipinski definition) is 6. The topological polar surface area (TPSA) is 101 Å². The molecule has 0 saturated heterocycles. The molecule has 3 N–H and O–H groups in total. The highest BCUT2D eigenvalue weighted by molar-refractivity contribution is 6.62. The Hall–Kier alpha value is -1.64. The van der Waals surface area contributed by atoms with Crippen LogP contribution in [0.3, 0.4) is 0 Å². The average Bonchev–Trinajstić information content (AvgIpc) is 2.34. The fourth-order valence-corrected chi connectivity index (χ4v) is 1.62. The third kappa shape index (κ3) is 5.77. The Balaban J connectivity index is 2.96. The monoisotopic (exact) mass is 338 g/mol. The Kier molecular flexibility index (Phi) is 6.02. The van der Waals surface area contributed by atoms with Gasteiger partial charge in [-0.25, -0.2) is 4.79 Å². The van der Waals surface area contributed by atoms with Gasteiger partial charge in [0.1, 0.15) is 5.60 Å². The number of carbonyl (C=O) groups is 1. The van der Waals surface area contributed by atoms with Gasteiger partial charge in [-0.15, -0.1) is 0 Å². The lowest BCUT2D eigenvalue weighted by Crippen LogP contribution is -2.53. The predicted octanol–water partition coefficient (Wildman–Crippen LogP) is 1.68. The van der Waals surface area contributed by atoms with Gasteiger partial charge < -0.3 is 19.5 Å². The lowest BCUT2D eigenvalue weighted by Gasteiger charge is -2.38. The van der Waals surface area contributed by atoms with Crippen LogP contribution in [0, 0.1) is 0 Å². The van der Waals surface area contributed by atoms with E-state index in [9.17, 15) is 14.9 Å². The lowest BCUT2D eigenvalue weighted by atomic mass is 9.76. The molecular formula is C16H27BN2O5. The molecule has 1 heterocycles. The largest absolute Gasteiger partial charge is 0.495 e. The molecule has 1 rings (SSSR count). The summed E-state index contributed by atoms with van der Waals surface area (Å²) >= 11 is 0. The van der Waals surface area contributed by atoms with Crippen LogP contribution in [0.4, 0.5) is 10.5 Å². The number of nitrogens with one attached hydrogen (secondary N) is 1. The summed E-state index contributed by atoms with van der Waals surface area (Å²) in [6, 6.07) is 1.53. The van der Waals surface area contributed by atoms with Crippen molar-refractivity contribution in [2.45, 2.75) is 65.3 Å². The lowest BCUT2D eigenvalue weighted by molar-refractivity contribution is -0.0982. The summed E-state index contributed by atoms with van der Waals surface area (Å²) < 4.78 is 10.8. The van der Waals surface area contributed by atoms with Crippen molar-refractivity contribution >= 4 is 24.4 Å². The number of ether oxygens (including phenoxy) is 1. The zero-order valence-corrected chi connectivity index (χ0v) is 15.4. The first-order valence-electron chi connectivity index (χ1n) is 7.75. The second kappa shape index (κ2) is 7.08. The van der Waals surface area contributed by atoms with E-state index in [-0.39, 0.29) is 5.46 Å². The highest BCUT2D eigenvalue weighted by atomic mass is 16.6. The number of nitrogens with zero attached hydrogens (tertiary/aromatic N) is 1. The van der Waals surface area contributed by atoms with Crippen molar-refractivity contribution in [1.29, 1.82) is 0 Å². The van der Waals surface area contributed by atoms with Crippen LogP contribution in [0.2, 0.25) is 0 Å². The van der Waals surface area contributed by atoms with Gasteiger partial charge in [-0.2, -0.15) is 0 Å². The molecule has 0 spiro atoms. The summed E-state index contributed by atoms with van der Waals surface area (Å²) in [5.41, 5.74) is -2.28. The van der Waals surface area contributed by atoms with Crippen LogP contribution in [0.15, 0.2) is 18.5 Å². The summed E-state index contributed by atoms with van der Waals surface area (Å²) in [7, 11) is -1.38. The van der Waals surface area contributed by atoms with Crippen molar-refractivity contribution in [3.8, 4) is 0 Å². The molecule has 24 heavy (non-hydrogen) atoms. The standard InChI is InChI=1S/C16H27BN2O5/c1-14(2,3)23-13(20)19-12-8-9-18-10-11(12)17(22)24-16(6,7)15(4,5)21/h8-10,21-22H,1-7H3,(H,18,19,20). The predicted molar refractivity (Wildman–Crippen MR) is 93.2 cm³/mol. The number of aromatic nitrogens is 1. The average molecular weight is 338 g/mol. The Morgan fingerprint density at radius 2 is 1.79 bits per heavy atom. The maximum Gasteiger partial charge on any atom is 0.495 e. The van der Waals surface area contributed by atoms with E-state index in [0.717, 1.165) is 0 Å². The van der Waals surface area contributed by atoms with E-state index < -0.39 is 30.0 Å². The zero-order chi connectivity index (χ0) is 18.8. The van der Waals surface area contributed by atoms with Crippen molar-refractivity contribution < 1.29 is 24.3 Å². The fraction of sp³-hybridized carbons (Fsp3) is 0.625. The maximum atomic E-state index is 11.9. The molecule has 0 radical (unpaired) electrons. The third-order valence-electron chi connectivity index (χ3n) is 3.63. The molecule has 0 aliphatic heterocycles. The van der Waals surface area contributed by atoms with E-state index in [0.29, 0.717) is 5.69 Å². The first kappa shape index (κ1) is 20.4. The molecule has 0 unspecified atom stereocenters. The van der Waals surface area contributed by atoms with E-state index in [1.165, 1.54) is 18.5 Å². The molecule has 0 fully saturated rings. The Morgan fingerprint density at radius 3 is 2.29 bits per heavy atom. The smallest absolute Gasteiger partial charge is 0.444 e. The minimum Gasteiger partial charge on any atom is -0.444 e. The minimum absolute atomic E-state index is 0.265. The molecule has 0 bridgehead atoms. The molecule has 0 aliphatic rings. The summed E-state index contributed by atoms with van der Waals surface area (Å²) in [4.78, 5) is 15.9. The number of amides is 1. The number of anilines is 1. The fourth-order valence-electron chi connectivity index (χ4n) is 1.62. The van der Waals surface area contributed by atoms with Gasteiger partial charge in [0, 0.05) is 23.5 Å². The number of carbonyl (C=O) groups excluding carboxylic acids is 1. The highest BCUT2D eigenvalue weighted by Crippen LogP contribution is 2.25. The second-order valence-electron chi connectivity index (χ2n) is 7.63. The Labute approximate surface area is 143 Å². The van der Waals surface area contributed by atoms with E-state index in [2.05, 4.69) is 10.3 Å². The van der Waals surface area contributed by atoms with Gasteiger partial charge in [-0.3, -0.25) is 10.3 Å². The molecule has 1 amide bonds. The molecule has 7 nitrogen and oxygen atoms in total. The molecule has 0 saturated carbocycles. The van der Waals surface area contributed by atoms with Crippen molar-refractivity contribution in [2.75, 3.05) is 5.32 Å². The first-order chi connectivity index (χ1) is 10.7. The SMILES string of the molecule is CC(C)(C)OC(=O)Nc1ccncc1B(O)OC(C)(C)C(C)(C)O. The molecule has 134 valence electrons. The van der Waals surface area contributed by atoms with Gasteiger partial charge in [-0.05, 0) is 54.5 Å². The number of hydrogen-bond donors (Lipinski definition) is 3. The Morgan fingerprint density at radius 1 is 1.21 bits per heavy atom. The van der Waals surface area contributed by atoms with E-state index in [1.807, 2.05) is 0 Å². The molecule has 1 aromatic heterocycles. The van der Waals surface area contributed by atoms with Crippen LogP contribution >= 0.6 is 0 Å². The molecule has 0 aliphatic carbocycles. The number of aliphatic hydroxyl groups is 1. The van der Waals surface area contributed by atoms with Crippen LogP contribution in [0.5, 0.6) is 0 Å². The van der Waals surface area contributed by atoms with Crippen LogP contribution in [0.1, 0.15) is 48.5 Å². The Bertz CT molecular complexity index is 579. The summed E-state index contributed by atoms with van der Waals surface area (Å²) in [5, 5.41) is 23.1. The second-order valence-corrected chi connectivity index (χ2v) is 7.63. The first-order valence-corrected chi connectivity index (χ1v) is 7.75. The maximum absolute atomic E-state index is 11.9. The van der Waals surface area contributed by atoms with Gasteiger partial charge in [0.2, 0.25) is 0 Å². The molecule has 0 atom stereocenters. The summed E-state index contributed by atoms with van der Waals surface area (Å²) in [6.45, 7) is 11.8. The minimum atomic E-state index is -1.38. The molecule has 8 heteroatoms. The third-order valence-corrected chi connectivity index (χ3v) is 3.63. The van der Waals surface area contributed by atoms with Crippen molar-refractivity contribution in [1.82, 2.24) is 4.98 Å². The van der Waals surface area contributed by atoms with Crippen LogP contribution < -0.4 is 10.8 Å². The molecular weight excluding hydrogens is 311 g/mol. The van der Waals surface area contributed by atoms with Gasteiger partial charge in [0.15, 0.2) is 0 Å². The number of rotatable bonds is 5.